The third kappa shape index (κ3) is 3.00. The second-order valence-corrected chi connectivity index (χ2v) is 3.33. The molecule has 8 heteroatoms. The topological polar surface area (TPSA) is 115 Å². The van der Waals surface area contributed by atoms with E-state index in [0.29, 0.717) is 6.42 Å². The van der Waals surface area contributed by atoms with Gasteiger partial charge >= 0.3 is 0 Å². The lowest BCUT2D eigenvalue weighted by Gasteiger charge is -2.04. The van der Waals surface area contributed by atoms with Crippen molar-refractivity contribution in [1.29, 1.82) is 0 Å². The molecule has 95 valence electrons. The smallest absolute Gasteiger partial charge is 0.289 e. The molecule has 0 fully saturated rings. The molecule has 0 aliphatic heterocycles. The third-order valence-corrected chi connectivity index (χ3v) is 2.10. The van der Waals surface area contributed by atoms with Gasteiger partial charge in [0, 0.05) is 12.6 Å². The summed E-state index contributed by atoms with van der Waals surface area (Å²) in [5.41, 5.74) is -1.24. The van der Waals surface area contributed by atoms with Gasteiger partial charge in [-0.2, -0.15) is 0 Å². The Morgan fingerprint density at radius 2 is 1.94 bits per heavy atom. The van der Waals surface area contributed by atoms with Crippen LogP contribution in [0.5, 0.6) is 0 Å². The molecule has 1 radical (unpaired) electrons. The summed E-state index contributed by atoms with van der Waals surface area (Å²) >= 11 is 0. The highest BCUT2D eigenvalue weighted by Crippen LogP contribution is 2.24. The number of nitro groups is 2. The van der Waals surface area contributed by atoms with E-state index in [1.807, 2.05) is 0 Å². The zero-order valence-electron chi connectivity index (χ0n) is 9.29. The first-order valence-electron chi connectivity index (χ1n) is 4.97. The maximum absolute atomic E-state index is 11.6. The summed E-state index contributed by atoms with van der Waals surface area (Å²) in [6.45, 7) is 3.78. The number of benzene rings is 1. The van der Waals surface area contributed by atoms with Gasteiger partial charge in [-0.3, -0.25) is 25.0 Å². The second-order valence-electron chi connectivity index (χ2n) is 3.33. The SMILES string of the molecule is [CH2]CCNC(=O)c1ccc([N+](=O)[O-])cc1[N+](=O)[O-]. The van der Waals surface area contributed by atoms with Crippen molar-refractivity contribution in [2.75, 3.05) is 6.54 Å². The van der Waals surface area contributed by atoms with E-state index in [-0.39, 0.29) is 12.1 Å². The zero-order valence-corrected chi connectivity index (χ0v) is 9.29. The third-order valence-electron chi connectivity index (χ3n) is 2.10. The van der Waals surface area contributed by atoms with Crippen molar-refractivity contribution in [2.45, 2.75) is 6.42 Å². The molecule has 0 saturated heterocycles. The van der Waals surface area contributed by atoms with E-state index in [9.17, 15) is 25.0 Å². The Hall–Kier alpha value is -2.51. The van der Waals surface area contributed by atoms with Crippen LogP contribution in [0.1, 0.15) is 16.8 Å². The molecule has 1 aromatic rings. The van der Waals surface area contributed by atoms with E-state index in [4.69, 9.17) is 0 Å². The van der Waals surface area contributed by atoms with Crippen LogP contribution in [0.3, 0.4) is 0 Å². The summed E-state index contributed by atoms with van der Waals surface area (Å²) in [5, 5.41) is 23.7. The average molecular weight is 252 g/mol. The number of hydrogen-bond acceptors (Lipinski definition) is 5. The Kier molecular flexibility index (Phi) is 4.30. The lowest BCUT2D eigenvalue weighted by Crippen LogP contribution is -2.24. The van der Waals surface area contributed by atoms with Gasteiger partial charge in [-0.25, -0.2) is 0 Å². The second kappa shape index (κ2) is 5.71. The van der Waals surface area contributed by atoms with E-state index in [1.54, 1.807) is 0 Å². The molecule has 0 aliphatic carbocycles. The van der Waals surface area contributed by atoms with Crippen molar-refractivity contribution in [3.63, 3.8) is 0 Å². The van der Waals surface area contributed by atoms with Gasteiger partial charge in [0.2, 0.25) is 0 Å². The standard InChI is InChI=1S/C10H10N3O5/c1-2-5-11-10(14)8-4-3-7(12(15)16)6-9(8)13(17)18/h3-4,6H,1-2,5H2,(H,11,14). The molecular formula is C10H10N3O5. The number of carbonyl (C=O) groups excluding carboxylic acids is 1. The molecule has 1 N–H and O–H groups in total. The number of nitrogens with zero attached hydrogens (tertiary/aromatic N) is 2. The van der Waals surface area contributed by atoms with Crippen LogP contribution in [0.2, 0.25) is 0 Å². The van der Waals surface area contributed by atoms with E-state index in [0.717, 1.165) is 18.2 Å². The minimum Gasteiger partial charge on any atom is -0.352 e. The summed E-state index contributed by atoms with van der Waals surface area (Å²) in [6.07, 6.45) is 0.437. The average Bonchev–Trinajstić information content (AvgIpc) is 2.34. The Morgan fingerprint density at radius 3 is 2.44 bits per heavy atom. The summed E-state index contributed by atoms with van der Waals surface area (Å²) in [6, 6.07) is 2.87. The fourth-order valence-electron chi connectivity index (χ4n) is 1.27. The molecule has 0 spiro atoms. The van der Waals surface area contributed by atoms with Crippen LogP contribution in [-0.2, 0) is 0 Å². The van der Waals surface area contributed by atoms with E-state index < -0.39 is 27.1 Å². The number of non-ortho nitro benzene ring substituents is 1. The zero-order chi connectivity index (χ0) is 13.7. The van der Waals surface area contributed by atoms with Crippen LogP contribution in [0, 0.1) is 27.2 Å². The lowest BCUT2D eigenvalue weighted by atomic mass is 10.1. The van der Waals surface area contributed by atoms with Crippen molar-refractivity contribution in [2.24, 2.45) is 0 Å². The summed E-state index contributed by atoms with van der Waals surface area (Å²) in [4.78, 5) is 31.3. The van der Waals surface area contributed by atoms with Crippen molar-refractivity contribution in [3.8, 4) is 0 Å². The molecule has 0 aliphatic rings. The summed E-state index contributed by atoms with van der Waals surface area (Å²) < 4.78 is 0. The molecule has 18 heavy (non-hydrogen) atoms. The Labute approximate surface area is 102 Å². The Morgan fingerprint density at radius 1 is 1.28 bits per heavy atom. The fraction of sp³-hybridized carbons (Fsp3) is 0.200. The number of amides is 1. The van der Waals surface area contributed by atoms with Gasteiger partial charge in [-0.1, -0.05) is 6.92 Å². The molecule has 0 unspecified atom stereocenters. The van der Waals surface area contributed by atoms with Crippen LogP contribution < -0.4 is 5.32 Å². The van der Waals surface area contributed by atoms with Crippen molar-refractivity contribution in [3.05, 3.63) is 50.9 Å². The van der Waals surface area contributed by atoms with Gasteiger partial charge in [0.25, 0.3) is 17.3 Å². The van der Waals surface area contributed by atoms with Crippen molar-refractivity contribution < 1.29 is 14.6 Å². The fourth-order valence-corrected chi connectivity index (χ4v) is 1.27. The minimum absolute atomic E-state index is 0.209. The van der Waals surface area contributed by atoms with Crippen LogP contribution in [-0.4, -0.2) is 22.3 Å². The van der Waals surface area contributed by atoms with Gasteiger partial charge < -0.3 is 5.32 Å². The van der Waals surface area contributed by atoms with E-state index in [2.05, 4.69) is 12.2 Å². The molecule has 0 bridgehead atoms. The molecular weight excluding hydrogens is 242 g/mol. The number of hydrogen-bond donors (Lipinski definition) is 1. The monoisotopic (exact) mass is 252 g/mol. The number of nitro benzene ring substituents is 2. The molecule has 8 nitrogen and oxygen atoms in total. The van der Waals surface area contributed by atoms with Gasteiger partial charge in [0.05, 0.1) is 15.9 Å². The summed E-state index contributed by atoms with van der Waals surface area (Å²) in [5.74, 6) is -0.653. The molecule has 1 aromatic carbocycles. The quantitative estimate of drug-likeness (QED) is 0.629. The van der Waals surface area contributed by atoms with Crippen LogP contribution in [0.4, 0.5) is 11.4 Å². The maximum Gasteiger partial charge on any atom is 0.289 e. The Bertz CT molecular complexity index is 500. The first-order chi connectivity index (χ1) is 8.47. The van der Waals surface area contributed by atoms with E-state index in [1.165, 1.54) is 0 Å². The normalized spacial score (nSPS) is 9.83. The minimum atomic E-state index is -0.827. The van der Waals surface area contributed by atoms with Gasteiger partial charge in [-0.15, -0.1) is 0 Å². The molecule has 1 rings (SSSR count). The number of nitrogens with one attached hydrogen (secondary N) is 1. The maximum atomic E-state index is 11.6. The molecule has 1 amide bonds. The predicted molar refractivity (Wildman–Crippen MR) is 62.1 cm³/mol. The van der Waals surface area contributed by atoms with Gasteiger partial charge in [-0.05, 0) is 12.5 Å². The highest BCUT2D eigenvalue weighted by molar-refractivity contribution is 5.98. The predicted octanol–water partition coefficient (Wildman–Crippen LogP) is 1.46. The van der Waals surface area contributed by atoms with Crippen LogP contribution in [0.15, 0.2) is 18.2 Å². The van der Waals surface area contributed by atoms with Crippen LogP contribution in [0.25, 0.3) is 0 Å². The first-order valence-corrected chi connectivity index (χ1v) is 4.97. The summed E-state index contributed by atoms with van der Waals surface area (Å²) in [7, 11) is 0. The molecule has 0 saturated carbocycles. The van der Waals surface area contributed by atoms with Crippen molar-refractivity contribution >= 4 is 17.3 Å². The molecule has 0 atom stereocenters. The van der Waals surface area contributed by atoms with Crippen molar-refractivity contribution in [1.82, 2.24) is 5.32 Å². The lowest BCUT2D eigenvalue weighted by molar-refractivity contribution is -0.394. The first kappa shape index (κ1) is 13.6. The van der Waals surface area contributed by atoms with Gasteiger partial charge in [0.1, 0.15) is 5.56 Å². The number of carbonyl (C=O) groups is 1. The van der Waals surface area contributed by atoms with Gasteiger partial charge in [0.15, 0.2) is 0 Å². The highest BCUT2D eigenvalue weighted by atomic mass is 16.6. The highest BCUT2D eigenvalue weighted by Gasteiger charge is 2.23. The number of rotatable bonds is 5. The largest absolute Gasteiger partial charge is 0.352 e. The molecule has 0 aromatic heterocycles. The molecule has 0 heterocycles. The van der Waals surface area contributed by atoms with E-state index >= 15 is 0 Å². The van der Waals surface area contributed by atoms with Crippen LogP contribution >= 0.6 is 0 Å². The Balaban J connectivity index is 3.15.